The summed E-state index contributed by atoms with van der Waals surface area (Å²) in [5.41, 5.74) is 0. The third-order valence-corrected chi connectivity index (χ3v) is 2.59. The van der Waals surface area contributed by atoms with Gasteiger partial charge in [-0.3, -0.25) is 4.90 Å². The lowest BCUT2D eigenvalue weighted by atomic mass is 10.2. The van der Waals surface area contributed by atoms with E-state index >= 15 is 0 Å². The van der Waals surface area contributed by atoms with Crippen LogP contribution in [-0.2, 0) is 4.74 Å². The normalized spacial score (nSPS) is 21.0. The minimum Gasteiger partial charge on any atom is -0.396 e. The number of hydrogen-bond donors (Lipinski definition) is 2. The summed E-state index contributed by atoms with van der Waals surface area (Å²) in [5.74, 6) is 0. The molecule has 1 aliphatic heterocycles. The highest BCUT2D eigenvalue weighted by Gasteiger charge is 2.09. The van der Waals surface area contributed by atoms with Crippen LogP contribution in [0.3, 0.4) is 0 Å². The number of nitrogens with zero attached hydrogens (tertiary/aromatic N) is 1. The maximum Gasteiger partial charge on any atom is 0.0594 e. The van der Waals surface area contributed by atoms with Crippen LogP contribution in [0.2, 0.25) is 0 Å². The molecule has 0 aromatic carbocycles. The van der Waals surface area contributed by atoms with Gasteiger partial charge in [-0.15, -0.1) is 0 Å². The number of rotatable bonds is 6. The average Bonchev–Trinajstić information content (AvgIpc) is 2.20. The number of ether oxygens (including phenoxy) is 1. The van der Waals surface area contributed by atoms with Gasteiger partial charge in [0.15, 0.2) is 0 Å². The van der Waals surface area contributed by atoms with Gasteiger partial charge in [0.05, 0.1) is 13.2 Å². The van der Waals surface area contributed by atoms with Gasteiger partial charge < -0.3 is 15.2 Å². The van der Waals surface area contributed by atoms with Crippen molar-refractivity contribution >= 4 is 0 Å². The van der Waals surface area contributed by atoms with Gasteiger partial charge in [-0.25, -0.2) is 0 Å². The first kappa shape index (κ1) is 11.9. The van der Waals surface area contributed by atoms with Crippen molar-refractivity contribution in [2.75, 3.05) is 46.0 Å². The van der Waals surface area contributed by atoms with Gasteiger partial charge in [0, 0.05) is 38.8 Å². The first-order chi connectivity index (χ1) is 6.83. The van der Waals surface area contributed by atoms with E-state index in [1.54, 1.807) is 0 Å². The third-order valence-electron chi connectivity index (χ3n) is 2.59. The predicted octanol–water partition coefficient (Wildman–Crippen LogP) is -0.321. The molecule has 0 spiro atoms. The molecule has 0 saturated carbocycles. The van der Waals surface area contributed by atoms with E-state index < -0.39 is 0 Å². The van der Waals surface area contributed by atoms with E-state index in [2.05, 4.69) is 17.1 Å². The predicted molar refractivity (Wildman–Crippen MR) is 56.4 cm³/mol. The van der Waals surface area contributed by atoms with E-state index in [0.29, 0.717) is 6.04 Å². The Bertz CT molecular complexity index is 138. The molecule has 0 bridgehead atoms. The van der Waals surface area contributed by atoms with Crippen LogP contribution < -0.4 is 5.32 Å². The van der Waals surface area contributed by atoms with Crippen LogP contribution in [0, 0.1) is 0 Å². The zero-order valence-corrected chi connectivity index (χ0v) is 9.04. The van der Waals surface area contributed by atoms with Crippen LogP contribution in [-0.4, -0.2) is 62.0 Å². The molecule has 0 aromatic rings. The van der Waals surface area contributed by atoms with Gasteiger partial charge in [-0.2, -0.15) is 0 Å². The summed E-state index contributed by atoms with van der Waals surface area (Å²) < 4.78 is 5.27. The lowest BCUT2D eigenvalue weighted by molar-refractivity contribution is 0.0381. The highest BCUT2D eigenvalue weighted by atomic mass is 16.5. The number of morpholine rings is 1. The summed E-state index contributed by atoms with van der Waals surface area (Å²) >= 11 is 0. The molecule has 0 aromatic heterocycles. The zero-order valence-electron chi connectivity index (χ0n) is 9.04. The highest BCUT2D eigenvalue weighted by Crippen LogP contribution is 1.95. The Hall–Kier alpha value is -0.160. The van der Waals surface area contributed by atoms with Crippen molar-refractivity contribution in [1.82, 2.24) is 10.2 Å². The van der Waals surface area contributed by atoms with Crippen LogP contribution in [0.5, 0.6) is 0 Å². The molecular weight excluding hydrogens is 180 g/mol. The second-order valence-electron chi connectivity index (χ2n) is 3.82. The standard InChI is InChI=1S/C10H22N2O2/c1-10(2-7-13)11-3-4-12-5-8-14-9-6-12/h10-11,13H,2-9H2,1H3. The Labute approximate surface area is 86.2 Å². The van der Waals surface area contributed by atoms with Gasteiger partial charge in [0.1, 0.15) is 0 Å². The molecule has 1 aliphatic rings. The molecule has 0 radical (unpaired) electrons. The number of nitrogens with one attached hydrogen (secondary N) is 1. The second-order valence-corrected chi connectivity index (χ2v) is 3.82. The molecule has 1 fully saturated rings. The van der Waals surface area contributed by atoms with Crippen molar-refractivity contribution in [3.8, 4) is 0 Å². The summed E-state index contributed by atoms with van der Waals surface area (Å²) in [4.78, 5) is 2.40. The SMILES string of the molecule is CC(CCO)NCCN1CCOCC1. The van der Waals surface area contributed by atoms with E-state index in [4.69, 9.17) is 9.84 Å². The Morgan fingerprint density at radius 3 is 2.79 bits per heavy atom. The number of aliphatic hydroxyl groups excluding tert-OH is 1. The Balaban J connectivity index is 1.96. The fourth-order valence-electron chi connectivity index (χ4n) is 1.59. The molecule has 84 valence electrons. The fourth-order valence-corrected chi connectivity index (χ4v) is 1.59. The Morgan fingerprint density at radius 1 is 1.43 bits per heavy atom. The van der Waals surface area contributed by atoms with Crippen molar-refractivity contribution < 1.29 is 9.84 Å². The maximum absolute atomic E-state index is 8.72. The summed E-state index contributed by atoms with van der Waals surface area (Å²) in [6.07, 6.45) is 0.836. The van der Waals surface area contributed by atoms with E-state index in [1.807, 2.05) is 0 Å². The second kappa shape index (κ2) is 7.17. The van der Waals surface area contributed by atoms with Crippen LogP contribution in [0.4, 0.5) is 0 Å². The maximum atomic E-state index is 8.72. The minimum absolute atomic E-state index is 0.270. The lowest BCUT2D eigenvalue weighted by Gasteiger charge is -2.27. The van der Waals surface area contributed by atoms with Crippen LogP contribution in [0.1, 0.15) is 13.3 Å². The molecule has 14 heavy (non-hydrogen) atoms. The third kappa shape index (κ3) is 4.91. The molecular formula is C10H22N2O2. The summed E-state index contributed by atoms with van der Waals surface area (Å²) in [6.45, 7) is 8.30. The average molecular weight is 202 g/mol. The van der Waals surface area contributed by atoms with Gasteiger partial charge in [0.25, 0.3) is 0 Å². The molecule has 1 saturated heterocycles. The largest absolute Gasteiger partial charge is 0.396 e. The highest BCUT2D eigenvalue weighted by molar-refractivity contribution is 4.65. The molecule has 4 nitrogen and oxygen atoms in total. The molecule has 0 aliphatic carbocycles. The van der Waals surface area contributed by atoms with Gasteiger partial charge in [-0.05, 0) is 13.3 Å². The van der Waals surface area contributed by atoms with Gasteiger partial charge in [-0.1, -0.05) is 0 Å². The monoisotopic (exact) mass is 202 g/mol. The molecule has 1 heterocycles. The van der Waals surface area contributed by atoms with Crippen LogP contribution >= 0.6 is 0 Å². The Kier molecular flexibility index (Phi) is 6.10. The molecule has 1 unspecified atom stereocenters. The molecule has 1 rings (SSSR count). The first-order valence-corrected chi connectivity index (χ1v) is 5.47. The van der Waals surface area contributed by atoms with Crippen molar-refractivity contribution in [1.29, 1.82) is 0 Å². The number of hydrogen-bond acceptors (Lipinski definition) is 4. The molecule has 1 atom stereocenters. The van der Waals surface area contributed by atoms with Crippen molar-refractivity contribution in [3.05, 3.63) is 0 Å². The van der Waals surface area contributed by atoms with Crippen molar-refractivity contribution in [2.24, 2.45) is 0 Å². The Morgan fingerprint density at radius 2 is 2.14 bits per heavy atom. The topological polar surface area (TPSA) is 44.7 Å². The molecule has 4 heteroatoms. The van der Waals surface area contributed by atoms with E-state index in [1.165, 1.54) is 0 Å². The molecule has 0 amide bonds. The summed E-state index contributed by atoms with van der Waals surface area (Å²) in [7, 11) is 0. The smallest absolute Gasteiger partial charge is 0.0594 e. The quantitative estimate of drug-likeness (QED) is 0.619. The first-order valence-electron chi connectivity index (χ1n) is 5.47. The lowest BCUT2D eigenvalue weighted by Crippen LogP contribution is -2.41. The molecule has 2 N–H and O–H groups in total. The van der Waals surface area contributed by atoms with Crippen LogP contribution in [0.15, 0.2) is 0 Å². The van der Waals surface area contributed by atoms with E-state index in [-0.39, 0.29) is 6.61 Å². The number of aliphatic hydroxyl groups is 1. The van der Waals surface area contributed by atoms with Crippen molar-refractivity contribution in [2.45, 2.75) is 19.4 Å². The zero-order chi connectivity index (χ0) is 10.2. The minimum atomic E-state index is 0.270. The summed E-state index contributed by atoms with van der Waals surface area (Å²) in [6, 6.07) is 0.418. The van der Waals surface area contributed by atoms with Gasteiger partial charge >= 0.3 is 0 Å². The fraction of sp³-hybridized carbons (Fsp3) is 1.00. The van der Waals surface area contributed by atoms with Gasteiger partial charge in [0.2, 0.25) is 0 Å². The van der Waals surface area contributed by atoms with E-state index in [0.717, 1.165) is 45.8 Å². The summed E-state index contributed by atoms with van der Waals surface area (Å²) in [5, 5.41) is 12.1. The van der Waals surface area contributed by atoms with E-state index in [9.17, 15) is 0 Å². The van der Waals surface area contributed by atoms with Crippen LogP contribution in [0.25, 0.3) is 0 Å². The van der Waals surface area contributed by atoms with Crippen molar-refractivity contribution in [3.63, 3.8) is 0 Å².